The Labute approximate surface area is 55.1 Å². The van der Waals surface area contributed by atoms with Gasteiger partial charge in [0, 0.05) is 6.42 Å². The summed E-state index contributed by atoms with van der Waals surface area (Å²) in [5.41, 5.74) is 0.785. The zero-order valence-corrected chi connectivity index (χ0v) is 5.82. The van der Waals surface area contributed by atoms with Crippen molar-refractivity contribution in [2.75, 3.05) is 0 Å². The first-order valence-corrected chi connectivity index (χ1v) is 3.23. The van der Waals surface area contributed by atoms with Gasteiger partial charge in [0.25, 0.3) is 0 Å². The number of allylic oxidation sites excluding steroid dienone is 4. The van der Waals surface area contributed by atoms with E-state index < -0.39 is 0 Å². The zero-order valence-electron chi connectivity index (χ0n) is 5.82. The summed E-state index contributed by atoms with van der Waals surface area (Å²) >= 11 is 0. The van der Waals surface area contributed by atoms with Gasteiger partial charge in [-0.1, -0.05) is 19.1 Å². The number of rotatable bonds is 0. The van der Waals surface area contributed by atoms with E-state index in [9.17, 15) is 4.39 Å². The minimum atomic E-state index is 0.0463. The highest BCUT2D eigenvalue weighted by Crippen LogP contribution is 2.23. The maximum Gasteiger partial charge on any atom is 0.103 e. The van der Waals surface area contributed by atoms with Gasteiger partial charge in [0.1, 0.15) is 5.83 Å². The van der Waals surface area contributed by atoms with Gasteiger partial charge in [-0.05, 0) is 18.4 Å². The van der Waals surface area contributed by atoms with Crippen LogP contribution in [0.2, 0.25) is 0 Å². The van der Waals surface area contributed by atoms with E-state index in [1.807, 2.05) is 19.1 Å². The third-order valence-corrected chi connectivity index (χ3v) is 1.60. The third kappa shape index (κ3) is 1.41. The van der Waals surface area contributed by atoms with Crippen LogP contribution in [-0.4, -0.2) is 0 Å². The highest BCUT2D eigenvalue weighted by atomic mass is 19.1. The average molecular weight is 126 g/mol. The molecule has 0 radical (unpaired) electrons. The van der Waals surface area contributed by atoms with E-state index in [1.54, 1.807) is 6.92 Å². The lowest BCUT2D eigenvalue weighted by molar-refractivity contribution is 0.527. The lowest BCUT2D eigenvalue weighted by Gasteiger charge is -2.10. The largest absolute Gasteiger partial charge is 0.212 e. The standard InChI is InChI=1S/C8H11F/c1-6-3-4-7(2)8(9)5-6/h3-4,6H,5H2,1-2H3/t6-/m0/s1. The van der Waals surface area contributed by atoms with E-state index in [4.69, 9.17) is 0 Å². The van der Waals surface area contributed by atoms with Crippen LogP contribution < -0.4 is 0 Å². The molecule has 9 heavy (non-hydrogen) atoms. The molecule has 1 atom stereocenters. The van der Waals surface area contributed by atoms with Gasteiger partial charge in [-0.2, -0.15) is 0 Å². The minimum absolute atomic E-state index is 0.0463. The van der Waals surface area contributed by atoms with E-state index >= 15 is 0 Å². The van der Waals surface area contributed by atoms with Crippen molar-refractivity contribution < 1.29 is 4.39 Å². The molecule has 0 fully saturated rings. The van der Waals surface area contributed by atoms with Crippen LogP contribution in [0.5, 0.6) is 0 Å². The van der Waals surface area contributed by atoms with Gasteiger partial charge in [-0.15, -0.1) is 0 Å². The molecule has 0 saturated heterocycles. The molecule has 1 heteroatoms. The van der Waals surface area contributed by atoms with E-state index in [-0.39, 0.29) is 5.83 Å². The zero-order chi connectivity index (χ0) is 6.85. The van der Waals surface area contributed by atoms with Crippen LogP contribution in [0, 0.1) is 5.92 Å². The number of hydrogen-bond acceptors (Lipinski definition) is 0. The Morgan fingerprint density at radius 2 is 2.33 bits per heavy atom. The minimum Gasteiger partial charge on any atom is -0.212 e. The van der Waals surface area contributed by atoms with Crippen LogP contribution in [0.3, 0.4) is 0 Å². The first kappa shape index (κ1) is 6.53. The lowest BCUT2D eigenvalue weighted by Crippen LogP contribution is -1.96. The fraction of sp³-hybridized carbons (Fsp3) is 0.500. The van der Waals surface area contributed by atoms with Crippen molar-refractivity contribution in [1.82, 2.24) is 0 Å². The second-order valence-corrected chi connectivity index (χ2v) is 2.63. The third-order valence-electron chi connectivity index (χ3n) is 1.60. The summed E-state index contributed by atoms with van der Waals surface area (Å²) < 4.78 is 12.7. The van der Waals surface area contributed by atoms with Gasteiger partial charge in [0.15, 0.2) is 0 Å². The maximum absolute atomic E-state index is 12.7. The SMILES string of the molecule is CC1=C(F)C[C@@H](C)C=C1. The van der Waals surface area contributed by atoms with Crippen LogP contribution in [0.4, 0.5) is 4.39 Å². The Balaban J connectivity index is 2.75. The summed E-state index contributed by atoms with van der Waals surface area (Å²) in [5, 5.41) is 0. The highest BCUT2D eigenvalue weighted by Gasteiger charge is 2.08. The molecule has 0 spiro atoms. The van der Waals surface area contributed by atoms with E-state index in [0.717, 1.165) is 5.57 Å². The van der Waals surface area contributed by atoms with E-state index in [1.165, 1.54) is 0 Å². The summed E-state index contributed by atoms with van der Waals surface area (Å²) in [6.45, 7) is 3.82. The molecule has 0 N–H and O–H groups in total. The summed E-state index contributed by atoms with van der Waals surface area (Å²) in [6.07, 6.45) is 4.48. The van der Waals surface area contributed by atoms with Gasteiger partial charge in [-0.25, -0.2) is 4.39 Å². The summed E-state index contributed by atoms with van der Waals surface area (Å²) in [7, 11) is 0. The fourth-order valence-electron chi connectivity index (χ4n) is 0.911. The summed E-state index contributed by atoms with van der Waals surface area (Å²) in [4.78, 5) is 0. The van der Waals surface area contributed by atoms with E-state index in [2.05, 4.69) is 0 Å². The monoisotopic (exact) mass is 126 g/mol. The topological polar surface area (TPSA) is 0 Å². The molecule has 0 saturated carbocycles. The van der Waals surface area contributed by atoms with Gasteiger partial charge in [0.05, 0.1) is 0 Å². The molecule has 0 aromatic rings. The second kappa shape index (κ2) is 2.34. The lowest BCUT2D eigenvalue weighted by atomic mass is 9.98. The van der Waals surface area contributed by atoms with Crippen molar-refractivity contribution in [3.63, 3.8) is 0 Å². The first-order valence-electron chi connectivity index (χ1n) is 3.23. The predicted octanol–water partition coefficient (Wildman–Crippen LogP) is 2.83. The number of hydrogen-bond donors (Lipinski definition) is 0. The Bertz CT molecular complexity index is 165. The van der Waals surface area contributed by atoms with Crippen molar-refractivity contribution in [3.8, 4) is 0 Å². The van der Waals surface area contributed by atoms with Gasteiger partial charge < -0.3 is 0 Å². The Morgan fingerprint density at radius 3 is 2.78 bits per heavy atom. The van der Waals surface area contributed by atoms with Crippen LogP contribution in [0.15, 0.2) is 23.6 Å². The normalized spacial score (nSPS) is 27.2. The fourth-order valence-corrected chi connectivity index (χ4v) is 0.911. The molecular formula is C8H11F. The van der Waals surface area contributed by atoms with Gasteiger partial charge in [-0.3, -0.25) is 0 Å². The smallest absolute Gasteiger partial charge is 0.103 e. The molecule has 0 aliphatic heterocycles. The average Bonchev–Trinajstić information content (AvgIpc) is 1.80. The molecule has 1 aliphatic rings. The van der Waals surface area contributed by atoms with Gasteiger partial charge >= 0.3 is 0 Å². The predicted molar refractivity (Wildman–Crippen MR) is 36.7 cm³/mol. The Kier molecular flexibility index (Phi) is 1.70. The van der Waals surface area contributed by atoms with Crippen molar-refractivity contribution >= 4 is 0 Å². The molecule has 1 rings (SSSR count). The molecule has 0 aromatic carbocycles. The van der Waals surface area contributed by atoms with Crippen molar-refractivity contribution in [3.05, 3.63) is 23.6 Å². The van der Waals surface area contributed by atoms with E-state index in [0.29, 0.717) is 12.3 Å². The van der Waals surface area contributed by atoms with Crippen molar-refractivity contribution in [1.29, 1.82) is 0 Å². The van der Waals surface area contributed by atoms with Crippen LogP contribution in [-0.2, 0) is 0 Å². The molecule has 0 amide bonds. The molecule has 0 heterocycles. The van der Waals surface area contributed by atoms with Gasteiger partial charge in [0.2, 0.25) is 0 Å². The Morgan fingerprint density at radius 1 is 1.67 bits per heavy atom. The molecular weight excluding hydrogens is 115 g/mol. The molecule has 0 nitrogen and oxygen atoms in total. The van der Waals surface area contributed by atoms with Crippen LogP contribution in [0.25, 0.3) is 0 Å². The van der Waals surface area contributed by atoms with Crippen LogP contribution in [0.1, 0.15) is 20.3 Å². The molecule has 1 aliphatic carbocycles. The molecule has 0 unspecified atom stereocenters. The summed E-state index contributed by atoms with van der Waals surface area (Å²) in [6, 6.07) is 0. The molecule has 0 aromatic heterocycles. The van der Waals surface area contributed by atoms with Crippen molar-refractivity contribution in [2.24, 2.45) is 5.92 Å². The highest BCUT2D eigenvalue weighted by molar-refractivity contribution is 5.24. The second-order valence-electron chi connectivity index (χ2n) is 2.63. The Hall–Kier alpha value is -0.590. The van der Waals surface area contributed by atoms with Crippen molar-refractivity contribution in [2.45, 2.75) is 20.3 Å². The quantitative estimate of drug-likeness (QED) is 0.468. The van der Waals surface area contributed by atoms with Crippen LogP contribution >= 0.6 is 0 Å². The molecule has 0 bridgehead atoms. The summed E-state index contributed by atoms with van der Waals surface area (Å²) in [5.74, 6) is 0.429. The first-order chi connectivity index (χ1) is 4.20. The molecule has 50 valence electrons. The number of halogens is 1. The maximum atomic E-state index is 12.7.